The second-order valence-electron chi connectivity index (χ2n) is 5.14. The van der Waals surface area contributed by atoms with E-state index in [1.54, 1.807) is 0 Å². The van der Waals surface area contributed by atoms with E-state index in [0.717, 1.165) is 39.0 Å². The standard InChI is InChI=1S/C14H26N4/c1-3-14(4-2)18-10-6-13(16-18)12-17-9-5-7-15-8-11-17/h6,10,14-15H,3-5,7-9,11-12H2,1-2H3. The van der Waals surface area contributed by atoms with Crippen molar-refractivity contribution in [1.82, 2.24) is 20.0 Å². The van der Waals surface area contributed by atoms with Crippen LogP contribution < -0.4 is 5.32 Å². The molecule has 0 aliphatic carbocycles. The molecule has 4 nitrogen and oxygen atoms in total. The minimum Gasteiger partial charge on any atom is -0.315 e. The van der Waals surface area contributed by atoms with E-state index in [0.29, 0.717) is 6.04 Å². The first-order valence-electron chi connectivity index (χ1n) is 7.30. The molecule has 0 unspecified atom stereocenters. The molecule has 0 bridgehead atoms. The van der Waals surface area contributed by atoms with Crippen LogP contribution in [0.1, 0.15) is 44.8 Å². The molecule has 4 heteroatoms. The van der Waals surface area contributed by atoms with Gasteiger partial charge in [0, 0.05) is 25.8 Å². The average molecular weight is 250 g/mol. The van der Waals surface area contributed by atoms with Crippen molar-refractivity contribution in [2.75, 3.05) is 26.2 Å². The van der Waals surface area contributed by atoms with Gasteiger partial charge in [0.1, 0.15) is 0 Å². The summed E-state index contributed by atoms with van der Waals surface area (Å²) in [5, 5.41) is 8.17. The van der Waals surface area contributed by atoms with Gasteiger partial charge in [-0.2, -0.15) is 5.10 Å². The van der Waals surface area contributed by atoms with Crippen molar-refractivity contribution in [3.05, 3.63) is 18.0 Å². The van der Waals surface area contributed by atoms with Crippen LogP contribution in [0.4, 0.5) is 0 Å². The third-order valence-electron chi connectivity index (χ3n) is 3.80. The van der Waals surface area contributed by atoms with Gasteiger partial charge >= 0.3 is 0 Å². The normalized spacial score (nSPS) is 18.2. The van der Waals surface area contributed by atoms with Crippen LogP contribution in [-0.2, 0) is 6.54 Å². The maximum atomic E-state index is 4.73. The van der Waals surface area contributed by atoms with Gasteiger partial charge in [-0.25, -0.2) is 0 Å². The minimum absolute atomic E-state index is 0.560. The van der Waals surface area contributed by atoms with Gasteiger partial charge in [-0.1, -0.05) is 13.8 Å². The largest absolute Gasteiger partial charge is 0.315 e. The first-order chi connectivity index (χ1) is 8.83. The minimum atomic E-state index is 0.560. The molecule has 1 N–H and O–H groups in total. The molecule has 1 aliphatic rings. The van der Waals surface area contributed by atoms with Gasteiger partial charge in [-0.05, 0) is 38.4 Å². The fourth-order valence-corrected chi connectivity index (χ4v) is 2.62. The number of hydrogen-bond donors (Lipinski definition) is 1. The van der Waals surface area contributed by atoms with Crippen LogP contribution in [0, 0.1) is 0 Å². The second-order valence-corrected chi connectivity index (χ2v) is 5.14. The molecule has 1 aromatic heterocycles. The van der Waals surface area contributed by atoms with Crippen molar-refractivity contribution in [3.63, 3.8) is 0 Å². The molecule has 0 amide bonds. The molecule has 1 saturated heterocycles. The molecule has 2 rings (SSSR count). The molecular formula is C14H26N4. The van der Waals surface area contributed by atoms with Crippen molar-refractivity contribution in [1.29, 1.82) is 0 Å². The van der Waals surface area contributed by atoms with Crippen molar-refractivity contribution in [2.45, 2.75) is 45.7 Å². The lowest BCUT2D eigenvalue weighted by Gasteiger charge is -2.18. The van der Waals surface area contributed by atoms with Gasteiger partial charge in [0.05, 0.1) is 11.7 Å². The molecule has 1 fully saturated rings. The molecule has 1 aromatic rings. The lowest BCUT2D eigenvalue weighted by molar-refractivity contribution is 0.278. The smallest absolute Gasteiger partial charge is 0.0764 e. The molecule has 0 aromatic carbocycles. The van der Waals surface area contributed by atoms with Gasteiger partial charge in [0.15, 0.2) is 0 Å². The van der Waals surface area contributed by atoms with Crippen LogP contribution in [-0.4, -0.2) is 40.9 Å². The van der Waals surface area contributed by atoms with Crippen LogP contribution in [0.25, 0.3) is 0 Å². The van der Waals surface area contributed by atoms with E-state index in [1.807, 2.05) is 0 Å². The van der Waals surface area contributed by atoms with E-state index in [9.17, 15) is 0 Å². The van der Waals surface area contributed by atoms with E-state index in [4.69, 9.17) is 5.10 Å². The number of nitrogens with one attached hydrogen (secondary N) is 1. The summed E-state index contributed by atoms with van der Waals surface area (Å²) in [6.07, 6.45) is 5.70. The molecule has 18 heavy (non-hydrogen) atoms. The van der Waals surface area contributed by atoms with E-state index in [1.165, 1.54) is 18.7 Å². The van der Waals surface area contributed by atoms with E-state index in [2.05, 4.69) is 41.0 Å². The molecule has 102 valence electrons. The van der Waals surface area contributed by atoms with E-state index < -0.39 is 0 Å². The molecule has 0 spiro atoms. The highest BCUT2D eigenvalue weighted by molar-refractivity contribution is 5.00. The Labute approximate surface area is 110 Å². The van der Waals surface area contributed by atoms with E-state index in [-0.39, 0.29) is 0 Å². The fraction of sp³-hybridized carbons (Fsp3) is 0.786. The first kappa shape index (κ1) is 13.6. The second kappa shape index (κ2) is 6.90. The van der Waals surface area contributed by atoms with Crippen molar-refractivity contribution in [3.8, 4) is 0 Å². The third kappa shape index (κ3) is 3.56. The third-order valence-corrected chi connectivity index (χ3v) is 3.80. The molecule has 0 saturated carbocycles. The van der Waals surface area contributed by atoms with E-state index >= 15 is 0 Å². The maximum Gasteiger partial charge on any atom is 0.0764 e. The molecular weight excluding hydrogens is 224 g/mol. The zero-order valence-corrected chi connectivity index (χ0v) is 11.7. The first-order valence-corrected chi connectivity index (χ1v) is 7.30. The lowest BCUT2D eigenvalue weighted by atomic mass is 10.2. The van der Waals surface area contributed by atoms with Crippen LogP contribution >= 0.6 is 0 Å². The Balaban J connectivity index is 1.92. The molecule has 0 atom stereocenters. The molecule has 2 heterocycles. The van der Waals surface area contributed by atoms with Gasteiger partial charge in [-0.3, -0.25) is 9.58 Å². The predicted octanol–water partition coefficient (Wildman–Crippen LogP) is 2.04. The summed E-state index contributed by atoms with van der Waals surface area (Å²) in [5.74, 6) is 0. The Morgan fingerprint density at radius 1 is 1.28 bits per heavy atom. The number of rotatable bonds is 5. The van der Waals surface area contributed by atoms with Crippen molar-refractivity contribution >= 4 is 0 Å². The topological polar surface area (TPSA) is 33.1 Å². The lowest BCUT2D eigenvalue weighted by Crippen LogP contribution is -2.27. The molecule has 1 aliphatic heterocycles. The Morgan fingerprint density at radius 2 is 2.11 bits per heavy atom. The van der Waals surface area contributed by atoms with Crippen LogP contribution in [0.3, 0.4) is 0 Å². The highest BCUT2D eigenvalue weighted by atomic mass is 15.3. The SMILES string of the molecule is CCC(CC)n1ccc(CN2CCCNCC2)n1. The van der Waals surface area contributed by atoms with Crippen LogP contribution in [0.5, 0.6) is 0 Å². The van der Waals surface area contributed by atoms with Gasteiger partial charge < -0.3 is 5.32 Å². The monoisotopic (exact) mass is 250 g/mol. The van der Waals surface area contributed by atoms with Crippen LogP contribution in [0.15, 0.2) is 12.3 Å². The predicted molar refractivity (Wildman–Crippen MR) is 74.6 cm³/mol. The van der Waals surface area contributed by atoms with Crippen molar-refractivity contribution < 1.29 is 0 Å². The Bertz CT molecular complexity index is 335. The van der Waals surface area contributed by atoms with Gasteiger partial charge in [0.25, 0.3) is 0 Å². The number of nitrogens with zero attached hydrogens (tertiary/aromatic N) is 3. The highest BCUT2D eigenvalue weighted by Gasteiger charge is 2.12. The summed E-state index contributed by atoms with van der Waals surface area (Å²) >= 11 is 0. The average Bonchev–Trinajstić information content (AvgIpc) is 2.68. The Kier molecular flexibility index (Phi) is 5.20. The summed E-state index contributed by atoms with van der Waals surface area (Å²) in [5.41, 5.74) is 1.21. The van der Waals surface area contributed by atoms with Gasteiger partial charge in [-0.15, -0.1) is 0 Å². The highest BCUT2D eigenvalue weighted by Crippen LogP contribution is 2.15. The summed E-state index contributed by atoms with van der Waals surface area (Å²) in [6.45, 7) is 10.0. The number of aromatic nitrogens is 2. The quantitative estimate of drug-likeness (QED) is 0.868. The Morgan fingerprint density at radius 3 is 2.89 bits per heavy atom. The summed E-state index contributed by atoms with van der Waals surface area (Å²) < 4.78 is 2.14. The zero-order chi connectivity index (χ0) is 12.8. The summed E-state index contributed by atoms with van der Waals surface area (Å²) in [6, 6.07) is 2.74. The fourth-order valence-electron chi connectivity index (χ4n) is 2.62. The summed E-state index contributed by atoms with van der Waals surface area (Å²) in [4.78, 5) is 2.50. The summed E-state index contributed by atoms with van der Waals surface area (Å²) in [7, 11) is 0. The Hall–Kier alpha value is -0.870. The van der Waals surface area contributed by atoms with Gasteiger partial charge in [0.2, 0.25) is 0 Å². The van der Waals surface area contributed by atoms with Crippen LogP contribution in [0.2, 0.25) is 0 Å². The van der Waals surface area contributed by atoms with Crippen molar-refractivity contribution in [2.24, 2.45) is 0 Å². The maximum absolute atomic E-state index is 4.73. The number of hydrogen-bond acceptors (Lipinski definition) is 3. The zero-order valence-electron chi connectivity index (χ0n) is 11.7. The molecule has 0 radical (unpaired) electrons.